The van der Waals surface area contributed by atoms with E-state index in [1.807, 2.05) is 54.1 Å². The standard InChI is InChI=1S/C20H20N2O4S/c1-13(2)26-18(23)12-22-19(24)17(27-20(22)25)10-15-9-14(3)21(11-15)16-7-5-4-6-8-16/h4-11,13H,12H2,1-3H3/b17-10-. The third kappa shape index (κ3) is 4.31. The first-order valence-corrected chi connectivity index (χ1v) is 9.36. The van der Waals surface area contributed by atoms with Crippen LogP contribution in [-0.2, 0) is 14.3 Å². The van der Waals surface area contributed by atoms with Gasteiger partial charge in [-0.05, 0) is 62.4 Å². The predicted molar refractivity (Wildman–Crippen MR) is 104 cm³/mol. The molecular formula is C20H20N2O4S. The fourth-order valence-corrected chi connectivity index (χ4v) is 3.60. The summed E-state index contributed by atoms with van der Waals surface area (Å²) in [5.74, 6) is -1.07. The van der Waals surface area contributed by atoms with E-state index in [1.165, 1.54) is 0 Å². The van der Waals surface area contributed by atoms with Crippen LogP contribution in [0.4, 0.5) is 4.79 Å². The number of thioether (sulfide) groups is 1. The maximum absolute atomic E-state index is 12.5. The molecule has 1 aliphatic rings. The Morgan fingerprint density at radius 2 is 1.93 bits per heavy atom. The smallest absolute Gasteiger partial charge is 0.326 e. The van der Waals surface area contributed by atoms with Crippen molar-refractivity contribution in [2.24, 2.45) is 0 Å². The molecule has 2 heterocycles. The average Bonchev–Trinajstić information content (AvgIpc) is 3.10. The lowest BCUT2D eigenvalue weighted by Crippen LogP contribution is -2.35. The molecule has 2 aromatic rings. The number of aromatic nitrogens is 1. The number of nitrogens with zero attached hydrogens (tertiary/aromatic N) is 2. The van der Waals surface area contributed by atoms with E-state index in [9.17, 15) is 14.4 Å². The van der Waals surface area contributed by atoms with E-state index in [0.717, 1.165) is 33.6 Å². The largest absolute Gasteiger partial charge is 0.462 e. The Hall–Kier alpha value is -2.80. The Balaban J connectivity index is 1.79. The van der Waals surface area contributed by atoms with Gasteiger partial charge in [0.15, 0.2) is 0 Å². The summed E-state index contributed by atoms with van der Waals surface area (Å²) in [6.07, 6.45) is 3.28. The minimum atomic E-state index is -0.598. The molecule has 0 spiro atoms. The van der Waals surface area contributed by atoms with E-state index in [4.69, 9.17) is 4.74 Å². The SMILES string of the molecule is Cc1cc(/C=C2\SC(=O)N(CC(=O)OC(C)C)C2=O)cn1-c1ccccc1. The van der Waals surface area contributed by atoms with Crippen LogP contribution in [-0.4, -0.2) is 39.2 Å². The van der Waals surface area contributed by atoms with Gasteiger partial charge >= 0.3 is 5.97 Å². The Kier molecular flexibility index (Phi) is 5.51. The molecule has 140 valence electrons. The number of esters is 1. The number of aryl methyl sites for hydroxylation is 1. The quantitative estimate of drug-likeness (QED) is 0.580. The number of imide groups is 1. The zero-order valence-electron chi connectivity index (χ0n) is 15.3. The van der Waals surface area contributed by atoms with Crippen LogP contribution in [0, 0.1) is 6.92 Å². The number of amides is 2. The third-order valence-corrected chi connectivity index (χ3v) is 4.80. The molecule has 6 nitrogen and oxygen atoms in total. The van der Waals surface area contributed by atoms with Gasteiger partial charge in [-0.1, -0.05) is 18.2 Å². The molecule has 27 heavy (non-hydrogen) atoms. The van der Waals surface area contributed by atoms with Crippen molar-refractivity contribution in [2.75, 3.05) is 6.54 Å². The highest BCUT2D eigenvalue weighted by atomic mass is 32.2. The van der Waals surface area contributed by atoms with Crippen LogP contribution < -0.4 is 0 Å². The zero-order chi connectivity index (χ0) is 19.6. The Morgan fingerprint density at radius 1 is 1.22 bits per heavy atom. The average molecular weight is 384 g/mol. The molecule has 2 amide bonds. The summed E-state index contributed by atoms with van der Waals surface area (Å²) in [5.41, 5.74) is 2.83. The molecule has 1 aliphatic heterocycles. The molecule has 1 aromatic carbocycles. The molecule has 0 atom stereocenters. The summed E-state index contributed by atoms with van der Waals surface area (Å²) in [7, 11) is 0. The van der Waals surface area contributed by atoms with E-state index in [1.54, 1.807) is 19.9 Å². The second kappa shape index (κ2) is 7.84. The van der Waals surface area contributed by atoms with Gasteiger partial charge in [-0.2, -0.15) is 0 Å². The minimum absolute atomic E-state index is 0.294. The second-order valence-electron chi connectivity index (χ2n) is 6.43. The van der Waals surface area contributed by atoms with Crippen molar-refractivity contribution >= 4 is 35.0 Å². The van der Waals surface area contributed by atoms with Crippen LogP contribution in [0.2, 0.25) is 0 Å². The van der Waals surface area contributed by atoms with Gasteiger partial charge in [-0.25, -0.2) is 0 Å². The number of ether oxygens (including phenoxy) is 1. The highest BCUT2D eigenvalue weighted by molar-refractivity contribution is 8.18. The predicted octanol–water partition coefficient (Wildman–Crippen LogP) is 3.77. The van der Waals surface area contributed by atoms with Crippen molar-refractivity contribution in [3.63, 3.8) is 0 Å². The fourth-order valence-electron chi connectivity index (χ4n) is 2.76. The van der Waals surface area contributed by atoms with Gasteiger partial charge in [-0.15, -0.1) is 0 Å². The van der Waals surface area contributed by atoms with E-state index >= 15 is 0 Å². The van der Waals surface area contributed by atoms with Crippen molar-refractivity contribution in [1.82, 2.24) is 9.47 Å². The Morgan fingerprint density at radius 3 is 2.59 bits per heavy atom. The number of hydrogen-bond acceptors (Lipinski definition) is 5. The molecule has 0 radical (unpaired) electrons. The van der Waals surface area contributed by atoms with Gasteiger partial charge in [0.25, 0.3) is 11.1 Å². The van der Waals surface area contributed by atoms with Gasteiger partial charge in [0.2, 0.25) is 0 Å². The number of rotatable bonds is 5. The van der Waals surface area contributed by atoms with Gasteiger partial charge in [0.1, 0.15) is 6.54 Å². The van der Waals surface area contributed by atoms with E-state index < -0.39 is 17.1 Å². The number of carbonyl (C=O) groups excluding carboxylic acids is 3. The maximum atomic E-state index is 12.5. The first-order valence-electron chi connectivity index (χ1n) is 8.54. The van der Waals surface area contributed by atoms with Crippen molar-refractivity contribution in [2.45, 2.75) is 26.9 Å². The van der Waals surface area contributed by atoms with E-state index in [-0.39, 0.29) is 12.6 Å². The Labute approximate surface area is 161 Å². The van der Waals surface area contributed by atoms with Gasteiger partial charge < -0.3 is 9.30 Å². The monoisotopic (exact) mass is 384 g/mol. The first-order chi connectivity index (χ1) is 12.8. The molecule has 1 aromatic heterocycles. The van der Waals surface area contributed by atoms with Crippen molar-refractivity contribution < 1.29 is 19.1 Å². The van der Waals surface area contributed by atoms with Gasteiger partial charge in [-0.3, -0.25) is 19.3 Å². The van der Waals surface area contributed by atoms with E-state index in [2.05, 4.69) is 0 Å². The minimum Gasteiger partial charge on any atom is -0.462 e. The number of para-hydroxylation sites is 1. The topological polar surface area (TPSA) is 68.6 Å². The van der Waals surface area contributed by atoms with Crippen molar-refractivity contribution in [3.8, 4) is 5.69 Å². The summed E-state index contributed by atoms with van der Waals surface area (Å²) in [4.78, 5) is 37.6. The summed E-state index contributed by atoms with van der Waals surface area (Å²) >= 11 is 0.830. The third-order valence-electron chi connectivity index (χ3n) is 3.89. The van der Waals surface area contributed by atoms with Crippen LogP contribution in [0.25, 0.3) is 11.8 Å². The van der Waals surface area contributed by atoms with Gasteiger partial charge in [0.05, 0.1) is 11.0 Å². The van der Waals surface area contributed by atoms with Crippen LogP contribution in [0.15, 0.2) is 47.5 Å². The van der Waals surface area contributed by atoms with Crippen LogP contribution in [0.3, 0.4) is 0 Å². The Bertz CT molecular complexity index is 915. The molecule has 1 saturated heterocycles. The van der Waals surface area contributed by atoms with E-state index in [0.29, 0.717) is 4.91 Å². The lowest BCUT2D eigenvalue weighted by Gasteiger charge is -2.13. The molecule has 7 heteroatoms. The zero-order valence-corrected chi connectivity index (χ0v) is 16.2. The highest BCUT2D eigenvalue weighted by Gasteiger charge is 2.36. The molecule has 1 fully saturated rings. The lowest BCUT2D eigenvalue weighted by atomic mass is 10.3. The molecule has 0 saturated carbocycles. The second-order valence-corrected chi connectivity index (χ2v) is 7.42. The molecule has 3 rings (SSSR count). The molecule has 0 bridgehead atoms. The van der Waals surface area contributed by atoms with Crippen molar-refractivity contribution in [3.05, 3.63) is 58.8 Å². The summed E-state index contributed by atoms with van der Waals surface area (Å²) < 4.78 is 7.02. The molecule has 0 aliphatic carbocycles. The van der Waals surface area contributed by atoms with Crippen molar-refractivity contribution in [1.29, 1.82) is 0 Å². The molecule has 0 unspecified atom stereocenters. The maximum Gasteiger partial charge on any atom is 0.326 e. The van der Waals surface area contributed by atoms with Gasteiger partial charge in [0, 0.05) is 17.6 Å². The highest BCUT2D eigenvalue weighted by Crippen LogP contribution is 2.32. The fraction of sp³-hybridized carbons (Fsp3) is 0.250. The number of carbonyl (C=O) groups is 3. The number of benzene rings is 1. The van der Waals surface area contributed by atoms with Crippen LogP contribution in [0.5, 0.6) is 0 Å². The van der Waals surface area contributed by atoms with Crippen LogP contribution >= 0.6 is 11.8 Å². The lowest BCUT2D eigenvalue weighted by molar-refractivity contribution is -0.149. The normalized spacial score (nSPS) is 15.9. The number of hydrogen-bond donors (Lipinski definition) is 0. The summed E-state index contributed by atoms with van der Waals surface area (Å²) in [6, 6.07) is 11.8. The summed E-state index contributed by atoms with van der Waals surface area (Å²) in [6.45, 7) is 5.03. The molecular weight excluding hydrogens is 364 g/mol. The summed E-state index contributed by atoms with van der Waals surface area (Å²) in [5, 5.41) is -0.467. The molecule has 0 N–H and O–H groups in total. The first kappa shape index (κ1) is 19.0. The van der Waals surface area contributed by atoms with Crippen LogP contribution in [0.1, 0.15) is 25.1 Å².